The molecule has 1 saturated heterocycles. The van der Waals surface area contributed by atoms with Crippen LogP contribution >= 0.6 is 0 Å². The fourth-order valence-electron chi connectivity index (χ4n) is 3.38. The molecule has 1 aliphatic heterocycles. The molecule has 1 fully saturated rings. The summed E-state index contributed by atoms with van der Waals surface area (Å²) in [5.41, 5.74) is 2.98. The third-order valence-corrected chi connectivity index (χ3v) is 4.75. The highest BCUT2D eigenvalue weighted by molar-refractivity contribution is 5.91. The van der Waals surface area contributed by atoms with Crippen LogP contribution in [0.25, 0.3) is 5.69 Å². The van der Waals surface area contributed by atoms with E-state index in [0.29, 0.717) is 11.9 Å². The first kappa shape index (κ1) is 16.5. The predicted molar refractivity (Wildman–Crippen MR) is 93.1 cm³/mol. The number of aromatic nitrogens is 3. The van der Waals surface area contributed by atoms with E-state index >= 15 is 0 Å². The second-order valence-electron chi connectivity index (χ2n) is 6.51. The van der Waals surface area contributed by atoms with Crippen molar-refractivity contribution >= 4 is 11.8 Å². The number of carboxylic acid groups (broad SMARTS) is 1. The van der Waals surface area contributed by atoms with Gasteiger partial charge in [-0.15, -0.1) is 15.0 Å². The van der Waals surface area contributed by atoms with E-state index in [1.807, 2.05) is 32.0 Å². The zero-order valence-electron chi connectivity index (χ0n) is 14.5. The van der Waals surface area contributed by atoms with Gasteiger partial charge in [0.25, 0.3) is 0 Å². The van der Waals surface area contributed by atoms with Crippen LogP contribution in [-0.2, 0) is 0 Å². The number of rotatable bonds is 4. The Morgan fingerprint density at radius 2 is 2.08 bits per heavy atom. The zero-order chi connectivity index (χ0) is 17.3. The standard InChI is InChI=1S/C18H24N4O2/c1-4-14-7-5-6-10-21(14)17-16(18(23)24)19-22(20-17)15-11-12(2)8-9-13(15)3/h8-9,11,14H,4-7,10H2,1-3H3,(H,23,24)/t14-/m1/s1. The maximum absolute atomic E-state index is 11.7. The lowest BCUT2D eigenvalue weighted by Gasteiger charge is -2.35. The Morgan fingerprint density at radius 3 is 2.79 bits per heavy atom. The van der Waals surface area contributed by atoms with E-state index in [9.17, 15) is 9.90 Å². The molecule has 0 bridgehead atoms. The van der Waals surface area contributed by atoms with Crippen LogP contribution in [0.5, 0.6) is 0 Å². The monoisotopic (exact) mass is 328 g/mol. The lowest BCUT2D eigenvalue weighted by atomic mass is 10.00. The molecular formula is C18H24N4O2. The van der Waals surface area contributed by atoms with Gasteiger partial charge in [0, 0.05) is 12.6 Å². The second kappa shape index (κ2) is 6.63. The fourth-order valence-corrected chi connectivity index (χ4v) is 3.38. The van der Waals surface area contributed by atoms with Crippen molar-refractivity contribution in [2.45, 2.75) is 52.5 Å². The number of hydrogen-bond donors (Lipinski definition) is 1. The molecule has 0 radical (unpaired) electrons. The Kier molecular flexibility index (Phi) is 4.55. The van der Waals surface area contributed by atoms with Crippen molar-refractivity contribution in [1.82, 2.24) is 15.0 Å². The van der Waals surface area contributed by atoms with Crippen LogP contribution < -0.4 is 4.90 Å². The molecule has 0 aliphatic carbocycles. The van der Waals surface area contributed by atoms with Gasteiger partial charge in [-0.2, -0.15) is 0 Å². The number of aromatic carboxylic acids is 1. The van der Waals surface area contributed by atoms with E-state index in [2.05, 4.69) is 22.0 Å². The highest BCUT2D eigenvalue weighted by Crippen LogP contribution is 2.28. The van der Waals surface area contributed by atoms with Crippen molar-refractivity contribution in [3.63, 3.8) is 0 Å². The average molecular weight is 328 g/mol. The summed E-state index contributed by atoms with van der Waals surface area (Å²) in [4.78, 5) is 15.3. The van der Waals surface area contributed by atoms with Crippen molar-refractivity contribution in [2.75, 3.05) is 11.4 Å². The smallest absolute Gasteiger partial charge is 0.360 e. The molecule has 6 heteroatoms. The van der Waals surface area contributed by atoms with Crippen LogP contribution in [0.4, 0.5) is 5.82 Å². The van der Waals surface area contributed by atoms with Gasteiger partial charge in [-0.3, -0.25) is 0 Å². The summed E-state index contributed by atoms with van der Waals surface area (Å²) in [6.45, 7) is 6.96. The van der Waals surface area contributed by atoms with E-state index in [4.69, 9.17) is 0 Å². The van der Waals surface area contributed by atoms with Crippen molar-refractivity contribution in [3.05, 3.63) is 35.0 Å². The van der Waals surface area contributed by atoms with Crippen LogP contribution in [0, 0.1) is 13.8 Å². The molecule has 0 unspecified atom stereocenters. The molecule has 1 N–H and O–H groups in total. The van der Waals surface area contributed by atoms with Crippen LogP contribution in [-0.4, -0.2) is 38.7 Å². The molecule has 1 aliphatic rings. The van der Waals surface area contributed by atoms with E-state index in [1.165, 1.54) is 11.2 Å². The van der Waals surface area contributed by atoms with E-state index in [1.54, 1.807) is 0 Å². The Morgan fingerprint density at radius 1 is 1.29 bits per heavy atom. The lowest BCUT2D eigenvalue weighted by Crippen LogP contribution is -2.40. The number of nitrogens with zero attached hydrogens (tertiary/aromatic N) is 4. The molecule has 24 heavy (non-hydrogen) atoms. The summed E-state index contributed by atoms with van der Waals surface area (Å²) in [6, 6.07) is 6.35. The third kappa shape index (κ3) is 3.00. The topological polar surface area (TPSA) is 71.2 Å². The van der Waals surface area contributed by atoms with Crippen molar-refractivity contribution in [3.8, 4) is 5.69 Å². The zero-order valence-corrected chi connectivity index (χ0v) is 14.5. The molecule has 0 amide bonds. The van der Waals surface area contributed by atoms with Gasteiger partial charge in [-0.1, -0.05) is 19.1 Å². The molecule has 2 aromatic rings. The summed E-state index contributed by atoms with van der Waals surface area (Å²) < 4.78 is 0. The first-order valence-corrected chi connectivity index (χ1v) is 8.56. The molecule has 2 heterocycles. The number of carbonyl (C=O) groups is 1. The summed E-state index contributed by atoms with van der Waals surface area (Å²) in [6.07, 6.45) is 4.30. The number of carboxylic acids is 1. The molecule has 1 aromatic carbocycles. The normalized spacial score (nSPS) is 18.0. The fraction of sp³-hybridized carbons (Fsp3) is 0.500. The van der Waals surface area contributed by atoms with Gasteiger partial charge in [-0.25, -0.2) is 4.79 Å². The number of benzene rings is 1. The molecular weight excluding hydrogens is 304 g/mol. The molecule has 6 nitrogen and oxygen atoms in total. The summed E-state index contributed by atoms with van der Waals surface area (Å²) >= 11 is 0. The lowest BCUT2D eigenvalue weighted by molar-refractivity contribution is 0.0690. The van der Waals surface area contributed by atoms with Crippen molar-refractivity contribution < 1.29 is 9.90 Å². The maximum Gasteiger partial charge on any atom is 0.360 e. The van der Waals surface area contributed by atoms with E-state index < -0.39 is 5.97 Å². The van der Waals surface area contributed by atoms with Crippen LogP contribution in [0.2, 0.25) is 0 Å². The minimum Gasteiger partial charge on any atom is -0.476 e. The SMILES string of the molecule is CC[C@@H]1CCCCN1c1nn(-c2cc(C)ccc2C)nc1C(=O)O. The Bertz CT molecular complexity index is 753. The van der Waals surface area contributed by atoms with E-state index in [0.717, 1.165) is 42.6 Å². The molecule has 1 aromatic heterocycles. The number of aryl methyl sites for hydroxylation is 2. The maximum atomic E-state index is 11.7. The van der Waals surface area contributed by atoms with Gasteiger partial charge in [0.2, 0.25) is 5.69 Å². The van der Waals surface area contributed by atoms with Crippen LogP contribution in [0.3, 0.4) is 0 Å². The molecule has 0 saturated carbocycles. The predicted octanol–water partition coefficient (Wildman–Crippen LogP) is 3.35. The van der Waals surface area contributed by atoms with Gasteiger partial charge in [0.05, 0.1) is 5.69 Å². The Labute approximate surface area is 142 Å². The third-order valence-electron chi connectivity index (χ3n) is 4.75. The largest absolute Gasteiger partial charge is 0.476 e. The highest BCUT2D eigenvalue weighted by atomic mass is 16.4. The summed E-state index contributed by atoms with van der Waals surface area (Å²) in [7, 11) is 0. The van der Waals surface area contributed by atoms with Crippen molar-refractivity contribution in [1.29, 1.82) is 0 Å². The molecule has 0 spiro atoms. The van der Waals surface area contributed by atoms with Crippen molar-refractivity contribution in [2.24, 2.45) is 0 Å². The minimum absolute atomic E-state index is 0.0382. The number of hydrogen-bond acceptors (Lipinski definition) is 4. The van der Waals surface area contributed by atoms with Gasteiger partial charge in [-0.05, 0) is 56.7 Å². The van der Waals surface area contributed by atoms with E-state index in [-0.39, 0.29) is 5.69 Å². The highest BCUT2D eigenvalue weighted by Gasteiger charge is 2.29. The van der Waals surface area contributed by atoms with Gasteiger partial charge in [0.15, 0.2) is 5.82 Å². The Hall–Kier alpha value is -2.37. The van der Waals surface area contributed by atoms with Gasteiger partial charge in [0.1, 0.15) is 0 Å². The summed E-state index contributed by atoms with van der Waals surface area (Å²) in [5, 5.41) is 18.5. The summed E-state index contributed by atoms with van der Waals surface area (Å²) in [5.74, 6) is -0.531. The second-order valence-corrected chi connectivity index (χ2v) is 6.51. The average Bonchev–Trinajstić information content (AvgIpc) is 3.02. The van der Waals surface area contributed by atoms with Crippen LogP contribution in [0.1, 0.15) is 54.2 Å². The first-order valence-electron chi connectivity index (χ1n) is 8.56. The molecule has 128 valence electrons. The quantitative estimate of drug-likeness (QED) is 0.932. The number of anilines is 1. The Balaban J connectivity index is 2.08. The molecule has 3 rings (SSSR count). The minimum atomic E-state index is -1.03. The van der Waals surface area contributed by atoms with Crippen LogP contribution in [0.15, 0.2) is 18.2 Å². The van der Waals surface area contributed by atoms with Gasteiger partial charge >= 0.3 is 5.97 Å². The van der Waals surface area contributed by atoms with Gasteiger partial charge < -0.3 is 10.0 Å². The first-order chi connectivity index (χ1) is 11.5. The number of piperidine rings is 1. The molecule has 1 atom stereocenters.